The molecule has 0 aliphatic carbocycles. The summed E-state index contributed by atoms with van der Waals surface area (Å²) in [5.74, 6) is -1.16. The Kier molecular flexibility index (Phi) is 5.67. The van der Waals surface area contributed by atoms with Gasteiger partial charge in [0.15, 0.2) is 0 Å². The van der Waals surface area contributed by atoms with Crippen LogP contribution in [0.5, 0.6) is 0 Å². The average molecular weight is 321 g/mol. The fourth-order valence-corrected chi connectivity index (χ4v) is 2.30. The van der Waals surface area contributed by atoms with Crippen molar-refractivity contribution in [3.8, 4) is 0 Å². The second-order valence-corrected chi connectivity index (χ2v) is 6.41. The lowest BCUT2D eigenvalue weighted by Gasteiger charge is -2.17. The Morgan fingerprint density at radius 3 is 2.70 bits per heavy atom. The van der Waals surface area contributed by atoms with Crippen molar-refractivity contribution in [2.75, 3.05) is 24.7 Å². The lowest BCUT2D eigenvalue weighted by Crippen LogP contribution is -2.37. The molecule has 0 unspecified atom stereocenters. The number of benzene rings is 1. The van der Waals surface area contributed by atoms with Crippen LogP contribution in [0.2, 0.25) is 5.02 Å². The van der Waals surface area contributed by atoms with Gasteiger partial charge in [-0.05, 0) is 18.2 Å². The monoisotopic (exact) mass is 320 g/mol. The first-order chi connectivity index (χ1) is 9.24. The first kappa shape index (κ1) is 16.6. The summed E-state index contributed by atoms with van der Waals surface area (Å²) in [6, 6.07) is 3.68. The zero-order chi connectivity index (χ0) is 15.3. The van der Waals surface area contributed by atoms with Crippen molar-refractivity contribution in [3.63, 3.8) is 0 Å². The van der Waals surface area contributed by atoms with Crippen LogP contribution in [0, 0.1) is 5.82 Å². The molecule has 110 valence electrons. The number of nitrogens with one attached hydrogen (secondary N) is 1. The largest absolute Gasteiger partial charge is 0.325 e. The fourth-order valence-electron chi connectivity index (χ4n) is 1.40. The van der Waals surface area contributed by atoms with Crippen LogP contribution >= 0.6 is 11.6 Å². The number of amides is 1. The van der Waals surface area contributed by atoms with Crippen molar-refractivity contribution in [2.45, 2.75) is 0 Å². The molecule has 0 radical (unpaired) electrons. The van der Waals surface area contributed by atoms with Crippen molar-refractivity contribution in [3.05, 3.63) is 41.7 Å². The van der Waals surface area contributed by atoms with E-state index in [1.807, 2.05) is 0 Å². The second-order valence-electron chi connectivity index (χ2n) is 4.02. The topological polar surface area (TPSA) is 66.5 Å². The molecule has 1 aromatic rings. The molecule has 20 heavy (non-hydrogen) atoms. The Bertz CT molecular complexity index is 619. The zero-order valence-electron chi connectivity index (χ0n) is 10.8. The molecule has 0 saturated carbocycles. The third-order valence-electron chi connectivity index (χ3n) is 2.33. The Balaban J connectivity index is 2.75. The van der Waals surface area contributed by atoms with E-state index < -0.39 is 21.7 Å². The van der Waals surface area contributed by atoms with Crippen molar-refractivity contribution in [2.24, 2.45) is 0 Å². The van der Waals surface area contributed by atoms with Gasteiger partial charge in [0.2, 0.25) is 15.9 Å². The van der Waals surface area contributed by atoms with Crippen LogP contribution in [-0.4, -0.2) is 38.0 Å². The second kappa shape index (κ2) is 6.83. The first-order valence-electron chi connectivity index (χ1n) is 5.55. The normalized spacial score (nSPS) is 11.4. The summed E-state index contributed by atoms with van der Waals surface area (Å²) in [5.41, 5.74) is 0.286. The van der Waals surface area contributed by atoms with Gasteiger partial charge in [0, 0.05) is 12.2 Å². The third-order valence-corrected chi connectivity index (χ3v) is 3.83. The molecule has 0 heterocycles. The highest BCUT2D eigenvalue weighted by atomic mass is 35.5. The smallest absolute Gasteiger partial charge is 0.239 e. The molecule has 0 aliphatic rings. The van der Waals surface area contributed by atoms with E-state index in [2.05, 4.69) is 11.9 Å². The molecule has 0 atom stereocenters. The van der Waals surface area contributed by atoms with Gasteiger partial charge in [-0.25, -0.2) is 12.8 Å². The van der Waals surface area contributed by atoms with Gasteiger partial charge in [-0.3, -0.25) is 4.79 Å². The highest BCUT2D eigenvalue weighted by molar-refractivity contribution is 7.88. The van der Waals surface area contributed by atoms with Crippen LogP contribution in [0.4, 0.5) is 10.1 Å². The van der Waals surface area contributed by atoms with Crippen LogP contribution in [0.15, 0.2) is 30.9 Å². The fraction of sp³-hybridized carbons (Fsp3) is 0.250. The summed E-state index contributed by atoms with van der Waals surface area (Å²) < 4.78 is 36.8. The average Bonchev–Trinajstić information content (AvgIpc) is 2.32. The van der Waals surface area contributed by atoms with Crippen molar-refractivity contribution < 1.29 is 17.6 Å². The van der Waals surface area contributed by atoms with Gasteiger partial charge in [0.05, 0.1) is 17.8 Å². The molecule has 0 saturated heterocycles. The zero-order valence-corrected chi connectivity index (χ0v) is 12.3. The number of halogens is 2. The predicted molar refractivity (Wildman–Crippen MR) is 76.7 cm³/mol. The Labute approximate surface area is 122 Å². The molecule has 0 aliphatic heterocycles. The van der Waals surface area contributed by atoms with E-state index in [0.29, 0.717) is 0 Å². The number of rotatable bonds is 6. The molecular formula is C12H14ClFN2O3S. The standard InChI is InChI=1S/C12H14ClFN2O3S/c1-3-6-16(20(2,18)19)8-12(17)15-9-4-5-11(14)10(13)7-9/h3-5,7H,1,6,8H2,2H3,(H,15,17). The van der Waals surface area contributed by atoms with Gasteiger partial charge in [-0.2, -0.15) is 4.31 Å². The lowest BCUT2D eigenvalue weighted by atomic mass is 10.3. The molecule has 1 N–H and O–H groups in total. The Hall–Kier alpha value is -1.44. The SMILES string of the molecule is C=CCN(CC(=O)Nc1ccc(F)c(Cl)c1)S(C)(=O)=O. The maximum Gasteiger partial charge on any atom is 0.239 e. The maximum atomic E-state index is 13.0. The van der Waals surface area contributed by atoms with Gasteiger partial charge in [-0.1, -0.05) is 17.7 Å². The van der Waals surface area contributed by atoms with E-state index in [4.69, 9.17) is 11.6 Å². The summed E-state index contributed by atoms with van der Waals surface area (Å²) >= 11 is 5.58. The van der Waals surface area contributed by atoms with E-state index in [1.165, 1.54) is 18.2 Å². The van der Waals surface area contributed by atoms with E-state index in [1.54, 1.807) is 0 Å². The van der Waals surface area contributed by atoms with E-state index in [9.17, 15) is 17.6 Å². The minimum atomic E-state index is -3.51. The Morgan fingerprint density at radius 2 is 2.20 bits per heavy atom. The third kappa shape index (κ3) is 4.92. The molecule has 1 aromatic carbocycles. The number of hydrogen-bond acceptors (Lipinski definition) is 3. The van der Waals surface area contributed by atoms with Gasteiger partial charge >= 0.3 is 0 Å². The number of carbonyl (C=O) groups excluding carboxylic acids is 1. The molecule has 8 heteroatoms. The summed E-state index contributed by atoms with van der Waals surface area (Å²) in [6.07, 6.45) is 2.38. The molecule has 0 aromatic heterocycles. The molecule has 0 fully saturated rings. The summed E-state index contributed by atoms with van der Waals surface area (Å²) in [4.78, 5) is 11.8. The van der Waals surface area contributed by atoms with Gasteiger partial charge in [-0.15, -0.1) is 6.58 Å². The van der Waals surface area contributed by atoms with Gasteiger partial charge in [0.25, 0.3) is 0 Å². The lowest BCUT2D eigenvalue weighted by molar-refractivity contribution is -0.116. The van der Waals surface area contributed by atoms with Crippen molar-refractivity contribution >= 4 is 33.2 Å². The van der Waals surface area contributed by atoms with E-state index >= 15 is 0 Å². The molecular weight excluding hydrogens is 307 g/mol. The van der Waals surface area contributed by atoms with Gasteiger partial charge < -0.3 is 5.32 Å². The molecule has 1 amide bonds. The van der Waals surface area contributed by atoms with Crippen LogP contribution in [0.3, 0.4) is 0 Å². The van der Waals surface area contributed by atoms with Crippen LogP contribution in [-0.2, 0) is 14.8 Å². The summed E-state index contributed by atoms with van der Waals surface area (Å²) in [6.45, 7) is 3.09. The van der Waals surface area contributed by atoms with E-state index in [0.717, 1.165) is 16.6 Å². The number of hydrogen-bond donors (Lipinski definition) is 1. The van der Waals surface area contributed by atoms with Crippen LogP contribution in [0.1, 0.15) is 0 Å². The molecule has 1 rings (SSSR count). The molecule has 5 nitrogen and oxygen atoms in total. The maximum absolute atomic E-state index is 13.0. The summed E-state index contributed by atoms with van der Waals surface area (Å²) in [5, 5.41) is 2.31. The molecule has 0 bridgehead atoms. The number of anilines is 1. The van der Waals surface area contributed by atoms with Crippen LogP contribution < -0.4 is 5.32 Å². The minimum absolute atomic E-state index is 0.0242. The Morgan fingerprint density at radius 1 is 1.55 bits per heavy atom. The van der Waals surface area contributed by atoms with Gasteiger partial charge in [0.1, 0.15) is 5.82 Å². The van der Waals surface area contributed by atoms with Crippen LogP contribution in [0.25, 0.3) is 0 Å². The summed E-state index contributed by atoms with van der Waals surface area (Å²) in [7, 11) is -3.51. The highest BCUT2D eigenvalue weighted by Crippen LogP contribution is 2.19. The van der Waals surface area contributed by atoms with E-state index in [-0.39, 0.29) is 23.8 Å². The van der Waals surface area contributed by atoms with Crippen molar-refractivity contribution in [1.29, 1.82) is 0 Å². The quantitative estimate of drug-likeness (QED) is 0.814. The first-order valence-corrected chi connectivity index (χ1v) is 7.77. The minimum Gasteiger partial charge on any atom is -0.325 e. The van der Waals surface area contributed by atoms with Crippen molar-refractivity contribution in [1.82, 2.24) is 4.31 Å². The predicted octanol–water partition coefficient (Wildman–Crippen LogP) is 1.87. The highest BCUT2D eigenvalue weighted by Gasteiger charge is 2.18. The molecule has 0 spiro atoms. The number of carbonyl (C=O) groups is 1. The number of nitrogens with zero attached hydrogens (tertiary/aromatic N) is 1. The number of sulfonamides is 1.